The van der Waals surface area contributed by atoms with E-state index < -0.39 is 0 Å². The normalized spacial score (nSPS) is 18.8. The third kappa shape index (κ3) is 4.54. The van der Waals surface area contributed by atoms with Crippen molar-refractivity contribution in [3.05, 3.63) is 11.8 Å². The maximum Gasteiger partial charge on any atom is 0.229 e. The molecule has 0 radical (unpaired) electrons. The van der Waals surface area contributed by atoms with Crippen LogP contribution in [0.1, 0.15) is 25.0 Å². The minimum absolute atomic E-state index is 0.433. The van der Waals surface area contributed by atoms with E-state index >= 15 is 0 Å². The quantitative estimate of drug-likeness (QED) is 0.767. The number of rotatable bonds is 7. The molecule has 1 unspecified atom stereocenters. The summed E-state index contributed by atoms with van der Waals surface area (Å²) in [4.78, 5) is 11.4. The summed E-state index contributed by atoms with van der Waals surface area (Å²) in [5, 5.41) is 3.45. The molecular formula is C15H26N4O2. The lowest BCUT2D eigenvalue weighted by atomic mass is 10.0. The number of piperidine rings is 1. The fourth-order valence-corrected chi connectivity index (χ4v) is 2.68. The zero-order chi connectivity index (χ0) is 15.1. The number of methoxy groups -OCH3 is 2. The molecule has 1 fully saturated rings. The average Bonchev–Trinajstić information content (AvgIpc) is 2.51. The highest BCUT2D eigenvalue weighted by atomic mass is 16.5. The van der Waals surface area contributed by atoms with Crippen molar-refractivity contribution in [3.8, 4) is 5.88 Å². The highest BCUT2D eigenvalue weighted by molar-refractivity contribution is 5.36. The Morgan fingerprint density at radius 1 is 1.33 bits per heavy atom. The highest BCUT2D eigenvalue weighted by Crippen LogP contribution is 2.23. The van der Waals surface area contributed by atoms with Crippen LogP contribution in [0.3, 0.4) is 0 Å². The summed E-state index contributed by atoms with van der Waals surface area (Å²) in [5.74, 6) is 1.42. The van der Waals surface area contributed by atoms with E-state index in [1.807, 2.05) is 13.0 Å². The van der Waals surface area contributed by atoms with Gasteiger partial charge in [0.2, 0.25) is 11.8 Å². The molecule has 1 saturated heterocycles. The number of anilines is 1. The van der Waals surface area contributed by atoms with Crippen molar-refractivity contribution < 1.29 is 9.47 Å². The van der Waals surface area contributed by atoms with Crippen LogP contribution in [0.5, 0.6) is 5.88 Å². The van der Waals surface area contributed by atoms with Crippen LogP contribution in [0.4, 0.5) is 5.95 Å². The predicted octanol–water partition coefficient (Wildman–Crippen LogP) is 1.39. The van der Waals surface area contributed by atoms with Crippen molar-refractivity contribution in [1.82, 2.24) is 15.3 Å². The molecule has 21 heavy (non-hydrogen) atoms. The van der Waals surface area contributed by atoms with Crippen molar-refractivity contribution in [2.45, 2.75) is 32.2 Å². The molecule has 1 atom stereocenters. The Morgan fingerprint density at radius 2 is 2.19 bits per heavy atom. The van der Waals surface area contributed by atoms with Gasteiger partial charge in [-0.25, -0.2) is 4.98 Å². The van der Waals surface area contributed by atoms with Crippen molar-refractivity contribution in [2.24, 2.45) is 0 Å². The van der Waals surface area contributed by atoms with Gasteiger partial charge >= 0.3 is 0 Å². The first-order chi connectivity index (χ1) is 10.2. The summed E-state index contributed by atoms with van der Waals surface area (Å²) in [6.07, 6.45) is 3.61. The molecule has 6 heteroatoms. The first-order valence-corrected chi connectivity index (χ1v) is 7.60. The topological polar surface area (TPSA) is 59.5 Å². The molecule has 1 aromatic heterocycles. The molecule has 0 saturated carbocycles. The lowest BCUT2D eigenvalue weighted by molar-refractivity contribution is 0.198. The molecular weight excluding hydrogens is 268 g/mol. The number of aryl methyl sites for hydroxylation is 1. The third-order valence-corrected chi connectivity index (χ3v) is 3.78. The molecule has 0 amide bonds. The second-order valence-electron chi connectivity index (χ2n) is 5.39. The van der Waals surface area contributed by atoms with Gasteiger partial charge in [0.15, 0.2) is 0 Å². The maximum atomic E-state index is 5.26. The van der Waals surface area contributed by atoms with Crippen LogP contribution in [-0.4, -0.2) is 56.5 Å². The van der Waals surface area contributed by atoms with Gasteiger partial charge in [-0.05, 0) is 26.2 Å². The highest BCUT2D eigenvalue weighted by Gasteiger charge is 2.24. The number of aromatic nitrogens is 2. The average molecular weight is 294 g/mol. The van der Waals surface area contributed by atoms with Gasteiger partial charge in [-0.2, -0.15) is 4.98 Å². The standard InChI is InChI=1S/C15H26N4O2/c1-12-10-14(21-3)18-15(17-12)19-8-5-4-6-13(19)11-16-7-9-20-2/h10,13,16H,4-9,11H2,1-3H3. The zero-order valence-electron chi connectivity index (χ0n) is 13.3. The molecule has 0 spiro atoms. The molecule has 1 aromatic rings. The largest absolute Gasteiger partial charge is 0.481 e. The Balaban J connectivity index is 2.05. The summed E-state index contributed by atoms with van der Waals surface area (Å²) in [6, 6.07) is 2.29. The molecule has 0 aliphatic carbocycles. The Bertz CT molecular complexity index is 442. The molecule has 0 aromatic carbocycles. The van der Waals surface area contributed by atoms with E-state index in [9.17, 15) is 0 Å². The van der Waals surface area contributed by atoms with Crippen LogP contribution < -0.4 is 15.0 Å². The van der Waals surface area contributed by atoms with Crippen LogP contribution in [0.25, 0.3) is 0 Å². The molecule has 6 nitrogen and oxygen atoms in total. The molecule has 1 aliphatic rings. The third-order valence-electron chi connectivity index (χ3n) is 3.78. The number of nitrogens with one attached hydrogen (secondary N) is 1. The van der Waals surface area contributed by atoms with Crippen LogP contribution in [0.2, 0.25) is 0 Å². The maximum absolute atomic E-state index is 5.26. The van der Waals surface area contributed by atoms with Crippen LogP contribution >= 0.6 is 0 Å². The number of nitrogens with zero attached hydrogens (tertiary/aromatic N) is 3. The minimum Gasteiger partial charge on any atom is -0.481 e. The molecule has 1 N–H and O–H groups in total. The Hall–Kier alpha value is -1.40. The van der Waals surface area contributed by atoms with Crippen LogP contribution in [-0.2, 0) is 4.74 Å². The van der Waals surface area contributed by atoms with Gasteiger partial charge in [-0.15, -0.1) is 0 Å². The summed E-state index contributed by atoms with van der Waals surface area (Å²) < 4.78 is 10.3. The second-order valence-corrected chi connectivity index (χ2v) is 5.39. The van der Waals surface area contributed by atoms with Gasteiger partial charge in [0.05, 0.1) is 13.7 Å². The molecule has 1 aliphatic heterocycles. The Kier molecular flexibility index (Phi) is 6.20. The van der Waals surface area contributed by atoms with Gasteiger partial charge in [0, 0.05) is 44.5 Å². The number of ether oxygens (including phenoxy) is 2. The van der Waals surface area contributed by atoms with E-state index in [1.54, 1.807) is 14.2 Å². The van der Waals surface area contributed by atoms with E-state index in [0.29, 0.717) is 11.9 Å². The predicted molar refractivity (Wildman–Crippen MR) is 83.1 cm³/mol. The zero-order valence-corrected chi connectivity index (χ0v) is 13.3. The van der Waals surface area contributed by atoms with E-state index in [1.165, 1.54) is 19.3 Å². The van der Waals surface area contributed by atoms with Gasteiger partial charge < -0.3 is 19.7 Å². The fourth-order valence-electron chi connectivity index (χ4n) is 2.68. The molecule has 2 rings (SSSR count). The van der Waals surface area contributed by atoms with E-state index in [4.69, 9.17) is 9.47 Å². The molecule has 2 heterocycles. The first kappa shape index (κ1) is 16.0. The van der Waals surface area contributed by atoms with Gasteiger partial charge in [0.1, 0.15) is 0 Å². The van der Waals surface area contributed by atoms with Crippen LogP contribution in [0.15, 0.2) is 6.07 Å². The van der Waals surface area contributed by atoms with Crippen molar-refractivity contribution in [1.29, 1.82) is 0 Å². The van der Waals surface area contributed by atoms with Gasteiger partial charge in [-0.3, -0.25) is 0 Å². The van der Waals surface area contributed by atoms with Gasteiger partial charge in [0.25, 0.3) is 0 Å². The fraction of sp³-hybridized carbons (Fsp3) is 0.733. The lowest BCUT2D eigenvalue weighted by Gasteiger charge is -2.36. The number of hydrogen-bond acceptors (Lipinski definition) is 6. The summed E-state index contributed by atoms with van der Waals surface area (Å²) in [6.45, 7) is 5.52. The molecule has 118 valence electrons. The summed E-state index contributed by atoms with van der Waals surface area (Å²) in [5.41, 5.74) is 0.938. The SMILES string of the molecule is COCCNCC1CCCCN1c1nc(C)cc(OC)n1. The minimum atomic E-state index is 0.433. The first-order valence-electron chi connectivity index (χ1n) is 7.60. The number of hydrogen-bond donors (Lipinski definition) is 1. The van der Waals surface area contributed by atoms with E-state index in [-0.39, 0.29) is 0 Å². The van der Waals surface area contributed by atoms with E-state index in [2.05, 4.69) is 20.2 Å². The Labute approximate surface area is 126 Å². The van der Waals surface area contributed by atoms with Crippen molar-refractivity contribution in [3.63, 3.8) is 0 Å². The summed E-state index contributed by atoms with van der Waals surface area (Å²) in [7, 11) is 3.37. The van der Waals surface area contributed by atoms with Crippen molar-refractivity contribution in [2.75, 3.05) is 45.4 Å². The summed E-state index contributed by atoms with van der Waals surface area (Å²) >= 11 is 0. The van der Waals surface area contributed by atoms with E-state index in [0.717, 1.165) is 37.9 Å². The van der Waals surface area contributed by atoms with Crippen molar-refractivity contribution >= 4 is 5.95 Å². The van der Waals surface area contributed by atoms with Crippen LogP contribution in [0, 0.1) is 6.92 Å². The second kappa shape index (κ2) is 8.14. The van der Waals surface area contributed by atoms with Gasteiger partial charge in [-0.1, -0.05) is 0 Å². The molecule has 0 bridgehead atoms. The lowest BCUT2D eigenvalue weighted by Crippen LogP contribution is -2.47. The monoisotopic (exact) mass is 294 g/mol. The smallest absolute Gasteiger partial charge is 0.229 e. The Morgan fingerprint density at radius 3 is 2.95 bits per heavy atom.